The van der Waals surface area contributed by atoms with E-state index in [1.54, 1.807) is 0 Å². The minimum absolute atomic E-state index is 0.176. The molecule has 0 spiro atoms. The van der Waals surface area contributed by atoms with Gasteiger partial charge in [-0.15, -0.1) is 0 Å². The van der Waals surface area contributed by atoms with Gasteiger partial charge in [0, 0.05) is 6.92 Å². The topological polar surface area (TPSA) is 70.1 Å². The second-order valence-electron chi connectivity index (χ2n) is 2.70. The Hall–Kier alpha value is -0.610. The van der Waals surface area contributed by atoms with Gasteiger partial charge < -0.3 is 14.9 Å². The summed E-state index contributed by atoms with van der Waals surface area (Å²) in [4.78, 5) is 9.00. The third kappa shape index (κ3) is 6.12. The molecule has 72 valence electrons. The molecule has 0 aromatic rings. The Morgan fingerprint density at radius 2 is 2.00 bits per heavy atom. The molecule has 2 N–H and O–H groups in total. The minimum atomic E-state index is -0.833. The van der Waals surface area contributed by atoms with Crippen LogP contribution in [0.25, 0.3) is 0 Å². The zero-order valence-electron chi connectivity index (χ0n) is 7.49. The van der Waals surface area contributed by atoms with Crippen molar-refractivity contribution in [3.8, 4) is 0 Å². The molecule has 0 radical (unpaired) electrons. The summed E-state index contributed by atoms with van der Waals surface area (Å²) >= 11 is 0. The van der Waals surface area contributed by atoms with Crippen molar-refractivity contribution >= 4 is 5.97 Å². The number of carboxylic acid groups (broad SMARTS) is 1. The summed E-state index contributed by atoms with van der Waals surface area (Å²) in [6.45, 7) is 3.40. The van der Waals surface area contributed by atoms with Crippen LogP contribution in [0.1, 0.15) is 26.7 Å². The maximum absolute atomic E-state index is 9.00. The van der Waals surface area contributed by atoms with Crippen molar-refractivity contribution in [2.45, 2.75) is 38.9 Å². The largest absolute Gasteiger partial charge is 0.481 e. The molecule has 1 aliphatic heterocycles. The van der Waals surface area contributed by atoms with E-state index in [2.05, 4.69) is 6.92 Å². The van der Waals surface area contributed by atoms with Crippen molar-refractivity contribution in [1.29, 1.82) is 0 Å². The average molecular weight is 176 g/mol. The number of ether oxygens (including phenoxy) is 1. The molecule has 2 atom stereocenters. The van der Waals surface area contributed by atoms with Crippen LogP contribution < -0.4 is 0 Å². The molecule has 0 amide bonds. The van der Waals surface area contributed by atoms with E-state index in [4.69, 9.17) is 19.7 Å². The Morgan fingerprint density at radius 1 is 1.50 bits per heavy atom. The lowest BCUT2D eigenvalue weighted by molar-refractivity contribution is -0.134. The zero-order chi connectivity index (χ0) is 9.56. The molecule has 0 bridgehead atoms. The fraction of sp³-hybridized carbons (Fsp3) is 0.875. The highest BCUT2D eigenvalue weighted by Gasteiger charge is 2.36. The van der Waals surface area contributed by atoms with E-state index in [9.17, 15) is 0 Å². The minimum Gasteiger partial charge on any atom is -0.481 e. The Balaban J connectivity index is 0.000000261. The average Bonchev–Trinajstić information content (AvgIpc) is 2.67. The Morgan fingerprint density at radius 3 is 2.25 bits per heavy atom. The van der Waals surface area contributed by atoms with E-state index in [1.807, 2.05) is 0 Å². The molecule has 1 rings (SSSR count). The summed E-state index contributed by atoms with van der Waals surface area (Å²) in [5.41, 5.74) is 0. The number of epoxide rings is 1. The first-order valence-corrected chi connectivity index (χ1v) is 4.07. The third-order valence-electron chi connectivity index (χ3n) is 1.44. The standard InChI is InChI=1S/C6H12O2.C2H4O2/c1-2-3-5-6(4-7)8-5;1-2(3)4/h5-7H,2-4H2,1H3;1H3,(H,3,4)/t5-,6-;/m0./s1. The summed E-state index contributed by atoms with van der Waals surface area (Å²) in [5.74, 6) is -0.833. The number of carboxylic acids is 1. The molecule has 0 aromatic carbocycles. The quantitative estimate of drug-likeness (QED) is 0.619. The molecule has 0 aliphatic carbocycles. The highest BCUT2D eigenvalue weighted by atomic mass is 16.6. The van der Waals surface area contributed by atoms with E-state index >= 15 is 0 Å². The Labute approximate surface area is 72.2 Å². The van der Waals surface area contributed by atoms with Crippen LogP contribution >= 0.6 is 0 Å². The van der Waals surface area contributed by atoms with Crippen molar-refractivity contribution in [2.75, 3.05) is 6.61 Å². The number of rotatable bonds is 3. The SMILES string of the molecule is CC(=O)O.CCC[C@@H]1O[C@H]1CO. The number of aliphatic hydroxyl groups is 1. The summed E-state index contributed by atoms with van der Waals surface area (Å²) in [5, 5.41) is 15.9. The molecule has 0 unspecified atom stereocenters. The van der Waals surface area contributed by atoms with Gasteiger partial charge in [0.05, 0.1) is 12.7 Å². The van der Waals surface area contributed by atoms with Crippen LogP contribution in [-0.4, -0.2) is 35.0 Å². The van der Waals surface area contributed by atoms with Gasteiger partial charge in [-0.1, -0.05) is 13.3 Å². The molecule has 12 heavy (non-hydrogen) atoms. The first-order valence-electron chi connectivity index (χ1n) is 4.07. The predicted octanol–water partition coefficient (Wildman–Crippen LogP) is 0.637. The number of hydrogen-bond donors (Lipinski definition) is 2. The molecule has 1 saturated heterocycles. The molecule has 1 heterocycles. The van der Waals surface area contributed by atoms with Crippen molar-refractivity contribution in [3.05, 3.63) is 0 Å². The van der Waals surface area contributed by atoms with Gasteiger partial charge in [-0.25, -0.2) is 0 Å². The van der Waals surface area contributed by atoms with Crippen LogP contribution in [0.4, 0.5) is 0 Å². The maximum Gasteiger partial charge on any atom is 0.300 e. The molecule has 1 fully saturated rings. The lowest BCUT2D eigenvalue weighted by Crippen LogP contribution is -1.97. The van der Waals surface area contributed by atoms with Crippen molar-refractivity contribution < 1.29 is 19.7 Å². The predicted molar refractivity (Wildman–Crippen MR) is 44.0 cm³/mol. The van der Waals surface area contributed by atoms with Crippen molar-refractivity contribution in [2.24, 2.45) is 0 Å². The molecule has 1 aliphatic rings. The Bertz CT molecular complexity index is 131. The van der Waals surface area contributed by atoms with Crippen LogP contribution in [0, 0.1) is 0 Å². The fourth-order valence-corrected chi connectivity index (χ4v) is 0.878. The van der Waals surface area contributed by atoms with E-state index in [0.717, 1.165) is 19.8 Å². The lowest BCUT2D eigenvalue weighted by atomic mass is 10.2. The van der Waals surface area contributed by atoms with Gasteiger partial charge in [0.1, 0.15) is 6.10 Å². The summed E-state index contributed by atoms with van der Waals surface area (Å²) in [6, 6.07) is 0. The monoisotopic (exact) mass is 176 g/mol. The molecular weight excluding hydrogens is 160 g/mol. The molecule has 4 nitrogen and oxygen atoms in total. The molecular formula is C8H16O4. The number of hydrogen-bond acceptors (Lipinski definition) is 3. The van der Waals surface area contributed by atoms with E-state index < -0.39 is 5.97 Å². The third-order valence-corrected chi connectivity index (χ3v) is 1.44. The maximum atomic E-state index is 9.00. The number of aliphatic hydroxyl groups excluding tert-OH is 1. The van der Waals surface area contributed by atoms with Gasteiger partial charge in [-0.2, -0.15) is 0 Å². The molecule has 0 saturated carbocycles. The van der Waals surface area contributed by atoms with Crippen molar-refractivity contribution in [3.63, 3.8) is 0 Å². The smallest absolute Gasteiger partial charge is 0.300 e. The van der Waals surface area contributed by atoms with Crippen LogP contribution in [0.5, 0.6) is 0 Å². The van der Waals surface area contributed by atoms with Crippen LogP contribution in [0.2, 0.25) is 0 Å². The fourth-order valence-electron chi connectivity index (χ4n) is 0.878. The van der Waals surface area contributed by atoms with Gasteiger partial charge in [-0.3, -0.25) is 4.79 Å². The first kappa shape index (κ1) is 11.4. The number of aliphatic carboxylic acids is 1. The van der Waals surface area contributed by atoms with Gasteiger partial charge in [0.2, 0.25) is 0 Å². The zero-order valence-corrected chi connectivity index (χ0v) is 7.49. The van der Waals surface area contributed by atoms with Crippen molar-refractivity contribution in [1.82, 2.24) is 0 Å². The summed E-state index contributed by atoms with van der Waals surface area (Å²) in [6.07, 6.45) is 2.81. The van der Waals surface area contributed by atoms with Crippen LogP contribution in [-0.2, 0) is 9.53 Å². The number of carbonyl (C=O) groups is 1. The van der Waals surface area contributed by atoms with Gasteiger partial charge in [0.15, 0.2) is 0 Å². The molecule has 0 aromatic heterocycles. The Kier molecular flexibility index (Phi) is 5.66. The van der Waals surface area contributed by atoms with Gasteiger partial charge in [0.25, 0.3) is 5.97 Å². The van der Waals surface area contributed by atoms with E-state index in [-0.39, 0.29) is 12.7 Å². The molecule has 4 heteroatoms. The highest BCUT2D eigenvalue weighted by molar-refractivity contribution is 5.62. The lowest BCUT2D eigenvalue weighted by Gasteiger charge is -1.84. The normalized spacial score (nSPS) is 25.6. The van der Waals surface area contributed by atoms with E-state index in [0.29, 0.717) is 6.10 Å². The van der Waals surface area contributed by atoms with Gasteiger partial charge >= 0.3 is 0 Å². The second kappa shape index (κ2) is 5.97. The van der Waals surface area contributed by atoms with Crippen LogP contribution in [0.15, 0.2) is 0 Å². The second-order valence-corrected chi connectivity index (χ2v) is 2.70. The summed E-state index contributed by atoms with van der Waals surface area (Å²) in [7, 11) is 0. The van der Waals surface area contributed by atoms with Crippen LogP contribution in [0.3, 0.4) is 0 Å². The summed E-state index contributed by atoms with van der Waals surface area (Å²) < 4.78 is 5.06. The van der Waals surface area contributed by atoms with E-state index in [1.165, 1.54) is 0 Å². The first-order chi connectivity index (χ1) is 5.61. The van der Waals surface area contributed by atoms with Gasteiger partial charge in [-0.05, 0) is 6.42 Å². The highest BCUT2D eigenvalue weighted by Crippen LogP contribution is 2.25.